The zero-order chi connectivity index (χ0) is 15.2. The molecule has 0 bridgehead atoms. The molecule has 0 saturated carbocycles. The molecule has 0 spiro atoms. The van der Waals surface area contributed by atoms with Crippen molar-refractivity contribution in [2.24, 2.45) is 0 Å². The highest BCUT2D eigenvalue weighted by Gasteiger charge is 2.13. The molecule has 0 unspecified atom stereocenters. The van der Waals surface area contributed by atoms with Crippen LogP contribution in [0.3, 0.4) is 0 Å². The molecule has 0 radical (unpaired) electrons. The predicted molar refractivity (Wildman–Crippen MR) is 75.2 cm³/mol. The van der Waals surface area contributed by atoms with E-state index < -0.39 is 20.0 Å². The number of nitrogens with one attached hydrogen (secondary N) is 2. The van der Waals surface area contributed by atoms with Crippen molar-refractivity contribution in [1.29, 1.82) is 0 Å². The van der Waals surface area contributed by atoms with E-state index in [2.05, 4.69) is 9.44 Å². The molecule has 114 valence electrons. The average Bonchev–Trinajstić information content (AvgIpc) is 2.36. The van der Waals surface area contributed by atoms with Crippen LogP contribution in [0.25, 0.3) is 0 Å². The summed E-state index contributed by atoms with van der Waals surface area (Å²) in [6.07, 6.45) is 1.06. The summed E-state index contributed by atoms with van der Waals surface area (Å²) in [5.41, 5.74) is 0.672. The van der Waals surface area contributed by atoms with Crippen molar-refractivity contribution < 1.29 is 21.6 Å². The molecule has 7 nitrogen and oxygen atoms in total. The molecular weight excluding hydrogens is 304 g/mol. The predicted octanol–water partition coefficient (Wildman–Crippen LogP) is -0.339. The maximum atomic E-state index is 11.9. The van der Waals surface area contributed by atoms with Gasteiger partial charge in [0, 0.05) is 20.2 Å². The van der Waals surface area contributed by atoms with Gasteiger partial charge in [0.2, 0.25) is 20.0 Å². The SMILES string of the molecule is COCCNS(=O)(=O)c1ccc(CNS(C)(=O)=O)cc1. The molecule has 1 aromatic carbocycles. The molecular formula is C11H18N2O5S2. The summed E-state index contributed by atoms with van der Waals surface area (Å²) < 4.78 is 55.1. The molecule has 0 heterocycles. The first-order valence-electron chi connectivity index (χ1n) is 5.77. The van der Waals surface area contributed by atoms with E-state index in [4.69, 9.17) is 4.74 Å². The summed E-state index contributed by atoms with van der Waals surface area (Å²) in [5, 5.41) is 0. The highest BCUT2D eigenvalue weighted by Crippen LogP contribution is 2.10. The minimum atomic E-state index is -3.56. The fourth-order valence-electron chi connectivity index (χ4n) is 1.36. The Kier molecular flexibility index (Phi) is 6.08. The number of sulfonamides is 2. The lowest BCUT2D eigenvalue weighted by atomic mass is 10.2. The van der Waals surface area contributed by atoms with E-state index in [-0.39, 0.29) is 24.6 Å². The molecule has 1 rings (SSSR count). The number of methoxy groups -OCH3 is 1. The molecule has 0 atom stereocenters. The molecule has 0 saturated heterocycles. The Hall–Kier alpha value is -1.00. The van der Waals surface area contributed by atoms with Crippen molar-refractivity contribution in [3.8, 4) is 0 Å². The Morgan fingerprint density at radius 3 is 2.15 bits per heavy atom. The number of hydrogen-bond donors (Lipinski definition) is 2. The van der Waals surface area contributed by atoms with E-state index in [1.165, 1.54) is 19.2 Å². The van der Waals surface area contributed by atoms with Crippen LogP contribution in [0.5, 0.6) is 0 Å². The van der Waals surface area contributed by atoms with Gasteiger partial charge in [-0.1, -0.05) is 12.1 Å². The molecule has 20 heavy (non-hydrogen) atoms. The highest BCUT2D eigenvalue weighted by atomic mass is 32.2. The summed E-state index contributed by atoms with van der Waals surface area (Å²) in [5.74, 6) is 0. The van der Waals surface area contributed by atoms with Gasteiger partial charge in [-0.25, -0.2) is 26.3 Å². The molecule has 0 aliphatic heterocycles. The van der Waals surface area contributed by atoms with Crippen LogP contribution in [-0.2, 0) is 31.3 Å². The van der Waals surface area contributed by atoms with E-state index in [9.17, 15) is 16.8 Å². The Labute approximate surface area is 119 Å². The number of rotatable bonds is 8. The lowest BCUT2D eigenvalue weighted by molar-refractivity contribution is 0.204. The van der Waals surface area contributed by atoms with Crippen LogP contribution < -0.4 is 9.44 Å². The van der Waals surface area contributed by atoms with Gasteiger partial charge in [0.1, 0.15) is 0 Å². The number of benzene rings is 1. The third-order valence-electron chi connectivity index (χ3n) is 2.37. The van der Waals surface area contributed by atoms with Gasteiger partial charge in [-0.15, -0.1) is 0 Å². The molecule has 0 amide bonds. The summed E-state index contributed by atoms with van der Waals surface area (Å²) in [6.45, 7) is 0.599. The normalized spacial score (nSPS) is 12.5. The van der Waals surface area contributed by atoms with Crippen molar-refractivity contribution >= 4 is 20.0 Å². The van der Waals surface area contributed by atoms with Crippen LogP contribution >= 0.6 is 0 Å². The average molecular weight is 322 g/mol. The van der Waals surface area contributed by atoms with Crippen molar-refractivity contribution in [2.45, 2.75) is 11.4 Å². The Balaban J connectivity index is 2.70. The third kappa shape index (κ3) is 5.97. The largest absolute Gasteiger partial charge is 0.383 e. The second kappa shape index (κ2) is 7.14. The van der Waals surface area contributed by atoms with Gasteiger partial charge in [0.05, 0.1) is 17.8 Å². The van der Waals surface area contributed by atoms with Gasteiger partial charge in [-0.3, -0.25) is 0 Å². The maximum Gasteiger partial charge on any atom is 0.240 e. The van der Waals surface area contributed by atoms with Gasteiger partial charge in [0.15, 0.2) is 0 Å². The highest BCUT2D eigenvalue weighted by molar-refractivity contribution is 7.89. The maximum absolute atomic E-state index is 11.9. The minimum Gasteiger partial charge on any atom is -0.383 e. The van der Waals surface area contributed by atoms with E-state index >= 15 is 0 Å². The van der Waals surface area contributed by atoms with Crippen LogP contribution in [0.15, 0.2) is 29.2 Å². The Morgan fingerprint density at radius 1 is 1.05 bits per heavy atom. The van der Waals surface area contributed by atoms with Crippen molar-refractivity contribution in [2.75, 3.05) is 26.5 Å². The quantitative estimate of drug-likeness (QED) is 0.638. The lowest BCUT2D eigenvalue weighted by Crippen LogP contribution is -2.27. The summed E-state index contributed by atoms with van der Waals surface area (Å²) in [6, 6.07) is 5.97. The van der Waals surface area contributed by atoms with Gasteiger partial charge >= 0.3 is 0 Å². The monoisotopic (exact) mass is 322 g/mol. The lowest BCUT2D eigenvalue weighted by Gasteiger charge is -2.07. The second-order valence-electron chi connectivity index (χ2n) is 4.13. The molecule has 9 heteroatoms. The van der Waals surface area contributed by atoms with Crippen molar-refractivity contribution in [3.05, 3.63) is 29.8 Å². The standard InChI is InChI=1S/C11H18N2O5S2/c1-18-8-7-12-20(16,17)11-5-3-10(4-6-11)9-13-19(2,14)15/h3-6,12-13H,7-9H2,1-2H3. The Morgan fingerprint density at radius 2 is 1.65 bits per heavy atom. The fourth-order valence-corrected chi connectivity index (χ4v) is 2.80. The topological polar surface area (TPSA) is 102 Å². The van der Waals surface area contributed by atoms with Crippen LogP contribution in [0.1, 0.15) is 5.56 Å². The zero-order valence-corrected chi connectivity index (χ0v) is 12.9. The van der Waals surface area contributed by atoms with E-state index in [1.54, 1.807) is 12.1 Å². The number of hydrogen-bond acceptors (Lipinski definition) is 5. The molecule has 2 N–H and O–H groups in total. The van der Waals surface area contributed by atoms with Crippen LogP contribution in [0.4, 0.5) is 0 Å². The molecule has 1 aromatic rings. The summed E-state index contributed by atoms with van der Waals surface area (Å²) >= 11 is 0. The number of ether oxygens (including phenoxy) is 1. The fraction of sp³-hybridized carbons (Fsp3) is 0.455. The zero-order valence-electron chi connectivity index (χ0n) is 11.3. The van der Waals surface area contributed by atoms with Gasteiger partial charge in [-0.05, 0) is 17.7 Å². The van der Waals surface area contributed by atoms with Gasteiger partial charge in [0.25, 0.3) is 0 Å². The van der Waals surface area contributed by atoms with E-state index in [0.717, 1.165) is 6.26 Å². The van der Waals surface area contributed by atoms with Crippen LogP contribution in [0.2, 0.25) is 0 Å². The first-order valence-corrected chi connectivity index (χ1v) is 9.14. The second-order valence-corrected chi connectivity index (χ2v) is 7.73. The smallest absolute Gasteiger partial charge is 0.240 e. The van der Waals surface area contributed by atoms with E-state index in [1.807, 2.05) is 0 Å². The minimum absolute atomic E-state index is 0.121. The van der Waals surface area contributed by atoms with Crippen LogP contribution in [-0.4, -0.2) is 43.4 Å². The molecule has 0 aliphatic carbocycles. The first-order chi connectivity index (χ1) is 9.24. The summed E-state index contributed by atoms with van der Waals surface area (Å²) in [4.78, 5) is 0.122. The molecule has 0 aromatic heterocycles. The van der Waals surface area contributed by atoms with Gasteiger partial charge in [-0.2, -0.15) is 0 Å². The van der Waals surface area contributed by atoms with Crippen LogP contribution in [0, 0.1) is 0 Å². The molecule has 0 aliphatic rings. The molecule has 0 fully saturated rings. The van der Waals surface area contributed by atoms with Crippen molar-refractivity contribution in [3.63, 3.8) is 0 Å². The first kappa shape index (κ1) is 17.1. The van der Waals surface area contributed by atoms with E-state index in [0.29, 0.717) is 5.56 Å². The van der Waals surface area contributed by atoms with Crippen molar-refractivity contribution in [1.82, 2.24) is 9.44 Å². The van der Waals surface area contributed by atoms with Gasteiger partial charge < -0.3 is 4.74 Å². The summed E-state index contributed by atoms with van der Waals surface area (Å²) in [7, 11) is -5.35. The third-order valence-corrected chi connectivity index (χ3v) is 4.52. The Bertz CT molecular complexity index is 623.